The first-order chi connectivity index (χ1) is 31.9. The number of unbranched alkanes of at least 4 members (excludes halogenated alkanes) is 21. The standard InChI is InChI=1S/C53H110N6O7/c1-7-9-38-56(3)40-30-32-42-58(5)44-47(45-59(6)43-33-31-41-57(4)39-10-8-2)34-26-23-25-28-36-54-49(62)35-27-22-20-18-16-14-12-11-13-15-17-19-21-24-29-37-55-53(66)52(65)51(64)50(63)48(61)46-60/h47-48,50-52,60-61,63-65H,7-46H2,1-6H3,(H,54,62)(H,55,66)/t48-,50-,51+,52-/m1/s1. The Morgan fingerprint density at radius 2 is 0.803 bits per heavy atom. The third-order valence-electron chi connectivity index (χ3n) is 13.4. The first kappa shape index (κ1) is 64.6. The largest absolute Gasteiger partial charge is 0.394 e. The molecule has 4 atom stereocenters. The molecule has 2 amide bonds. The molecule has 0 saturated carbocycles. The van der Waals surface area contributed by atoms with Crippen LogP contribution in [0.25, 0.3) is 0 Å². The molecular weight excluding hydrogens is 833 g/mol. The van der Waals surface area contributed by atoms with E-state index in [1.807, 2.05) is 0 Å². The fourth-order valence-electron chi connectivity index (χ4n) is 8.84. The van der Waals surface area contributed by atoms with Crippen LogP contribution in [0.4, 0.5) is 0 Å². The predicted molar refractivity (Wildman–Crippen MR) is 276 cm³/mol. The van der Waals surface area contributed by atoms with Crippen molar-refractivity contribution in [1.29, 1.82) is 0 Å². The van der Waals surface area contributed by atoms with Crippen LogP contribution in [0.2, 0.25) is 0 Å². The maximum atomic E-state index is 12.5. The van der Waals surface area contributed by atoms with Crippen LogP contribution < -0.4 is 10.6 Å². The lowest BCUT2D eigenvalue weighted by molar-refractivity contribution is -0.148. The van der Waals surface area contributed by atoms with Crippen LogP contribution >= 0.6 is 0 Å². The average Bonchev–Trinajstić information content (AvgIpc) is 3.30. The Balaban J connectivity index is 3.97. The highest BCUT2D eigenvalue weighted by Crippen LogP contribution is 2.16. The van der Waals surface area contributed by atoms with Gasteiger partial charge < -0.3 is 55.8 Å². The van der Waals surface area contributed by atoms with Gasteiger partial charge in [0.15, 0.2) is 6.10 Å². The van der Waals surface area contributed by atoms with Gasteiger partial charge in [0.25, 0.3) is 5.91 Å². The van der Waals surface area contributed by atoms with Crippen molar-refractivity contribution in [3.05, 3.63) is 0 Å². The van der Waals surface area contributed by atoms with E-state index in [0.717, 1.165) is 51.5 Å². The van der Waals surface area contributed by atoms with Crippen molar-refractivity contribution in [3.63, 3.8) is 0 Å². The number of rotatable bonds is 50. The van der Waals surface area contributed by atoms with Gasteiger partial charge >= 0.3 is 0 Å². The third-order valence-corrected chi connectivity index (χ3v) is 13.4. The molecule has 0 aliphatic rings. The molecule has 13 heteroatoms. The topological polar surface area (TPSA) is 172 Å². The van der Waals surface area contributed by atoms with Gasteiger partial charge in [-0.3, -0.25) is 9.59 Å². The van der Waals surface area contributed by atoms with Gasteiger partial charge in [-0.2, -0.15) is 0 Å². The first-order valence-electron chi connectivity index (χ1n) is 27.5. The third kappa shape index (κ3) is 39.4. The minimum Gasteiger partial charge on any atom is -0.394 e. The monoisotopic (exact) mass is 943 g/mol. The molecule has 0 unspecified atom stereocenters. The van der Waals surface area contributed by atoms with Crippen molar-refractivity contribution in [2.75, 3.05) is 100 Å². The van der Waals surface area contributed by atoms with E-state index in [2.05, 4.69) is 72.3 Å². The Labute approximate surface area is 406 Å². The van der Waals surface area contributed by atoms with Gasteiger partial charge in [0.2, 0.25) is 5.91 Å². The second-order valence-corrected chi connectivity index (χ2v) is 20.2. The zero-order chi connectivity index (χ0) is 49.0. The smallest absolute Gasteiger partial charge is 0.251 e. The summed E-state index contributed by atoms with van der Waals surface area (Å²) < 4.78 is 0. The van der Waals surface area contributed by atoms with Gasteiger partial charge in [-0.1, -0.05) is 129 Å². The lowest BCUT2D eigenvalue weighted by Crippen LogP contribution is -2.51. The Hall–Kier alpha value is -1.42. The second-order valence-electron chi connectivity index (χ2n) is 20.2. The average molecular weight is 943 g/mol. The normalized spacial score (nSPS) is 13.9. The summed E-state index contributed by atoms with van der Waals surface area (Å²) in [5, 5.41) is 53.3. The molecule has 0 fully saturated rings. The van der Waals surface area contributed by atoms with E-state index in [4.69, 9.17) is 5.11 Å². The number of hydrogen-bond donors (Lipinski definition) is 7. The molecule has 0 spiro atoms. The van der Waals surface area contributed by atoms with E-state index in [-0.39, 0.29) is 5.91 Å². The van der Waals surface area contributed by atoms with E-state index in [1.165, 1.54) is 187 Å². The summed E-state index contributed by atoms with van der Waals surface area (Å²) in [6, 6.07) is 0. The van der Waals surface area contributed by atoms with Crippen molar-refractivity contribution in [2.24, 2.45) is 5.92 Å². The number of amides is 2. The molecule has 0 rings (SSSR count). The van der Waals surface area contributed by atoms with Gasteiger partial charge in [0.1, 0.15) is 18.3 Å². The number of hydrogen-bond acceptors (Lipinski definition) is 11. The molecule has 0 radical (unpaired) electrons. The highest BCUT2D eigenvalue weighted by atomic mass is 16.4. The Kier molecular flexibility index (Phi) is 45.0. The molecule has 394 valence electrons. The van der Waals surface area contributed by atoms with E-state index in [9.17, 15) is 30.0 Å². The summed E-state index contributed by atoms with van der Waals surface area (Å²) in [7, 11) is 9.20. The van der Waals surface area contributed by atoms with Crippen molar-refractivity contribution in [3.8, 4) is 0 Å². The number of nitrogens with zero attached hydrogens (tertiary/aromatic N) is 4. The summed E-state index contributed by atoms with van der Waals surface area (Å²) in [4.78, 5) is 34.6. The molecule has 0 bridgehead atoms. The summed E-state index contributed by atoms with van der Waals surface area (Å²) >= 11 is 0. The zero-order valence-corrected chi connectivity index (χ0v) is 44.0. The quantitative estimate of drug-likeness (QED) is 0.0304. The van der Waals surface area contributed by atoms with Crippen molar-refractivity contribution >= 4 is 11.8 Å². The zero-order valence-electron chi connectivity index (χ0n) is 44.0. The minimum atomic E-state index is -1.87. The maximum absolute atomic E-state index is 12.5. The molecule has 0 aliphatic carbocycles. The van der Waals surface area contributed by atoms with Crippen LogP contribution in [-0.4, -0.2) is 182 Å². The number of carbonyl (C=O) groups is 2. The van der Waals surface area contributed by atoms with Crippen LogP contribution in [-0.2, 0) is 9.59 Å². The molecule has 0 saturated heterocycles. The Bertz CT molecular complexity index is 1050. The highest BCUT2D eigenvalue weighted by molar-refractivity contribution is 5.81. The fourth-order valence-corrected chi connectivity index (χ4v) is 8.84. The second kappa shape index (κ2) is 46.0. The van der Waals surface area contributed by atoms with E-state index in [1.54, 1.807) is 0 Å². The van der Waals surface area contributed by atoms with Crippen LogP contribution in [0.5, 0.6) is 0 Å². The summed E-state index contributed by atoms with van der Waals surface area (Å²) in [5.41, 5.74) is 0. The van der Waals surface area contributed by atoms with Gasteiger partial charge in [-0.25, -0.2) is 0 Å². The van der Waals surface area contributed by atoms with Crippen LogP contribution in [0, 0.1) is 5.92 Å². The molecule has 0 aromatic rings. The summed E-state index contributed by atoms with van der Waals surface area (Å²) in [6.07, 6.45) is 27.3. The van der Waals surface area contributed by atoms with Crippen LogP contribution in [0.15, 0.2) is 0 Å². The first-order valence-corrected chi connectivity index (χ1v) is 27.5. The van der Waals surface area contributed by atoms with Crippen molar-refractivity contribution < 1.29 is 35.1 Å². The molecule has 13 nitrogen and oxygen atoms in total. The molecule has 7 N–H and O–H groups in total. The summed E-state index contributed by atoms with van der Waals surface area (Å²) in [5.74, 6) is 0.120. The SMILES string of the molecule is CCCCN(C)CCCCN(C)CC(CCCCCCNC(=O)CCCCCCCCCCCCCCCCCNC(=O)[C@H](O)[C@@H](O)[C@H](O)[C@H](O)CO)CN(C)CCCCN(C)CCCC. The van der Waals surface area contributed by atoms with Crippen molar-refractivity contribution in [1.82, 2.24) is 30.2 Å². The predicted octanol–water partition coefficient (Wildman–Crippen LogP) is 7.35. The molecule has 0 aromatic carbocycles. The maximum Gasteiger partial charge on any atom is 0.251 e. The lowest BCUT2D eigenvalue weighted by Gasteiger charge is -2.28. The molecule has 0 aliphatic heterocycles. The highest BCUT2D eigenvalue weighted by Gasteiger charge is 2.34. The van der Waals surface area contributed by atoms with E-state index < -0.39 is 36.9 Å². The summed E-state index contributed by atoms with van der Waals surface area (Å²) in [6.45, 7) is 14.5. The molecular formula is C53H110N6O7. The number of nitrogens with one attached hydrogen (secondary N) is 2. The van der Waals surface area contributed by atoms with E-state index in [0.29, 0.717) is 18.9 Å². The lowest BCUT2D eigenvalue weighted by atomic mass is 9.99. The van der Waals surface area contributed by atoms with Gasteiger partial charge in [-0.15, -0.1) is 0 Å². The van der Waals surface area contributed by atoms with Gasteiger partial charge in [0.05, 0.1) is 6.61 Å². The number of aliphatic hydroxyl groups is 5. The Morgan fingerprint density at radius 1 is 0.439 bits per heavy atom. The van der Waals surface area contributed by atoms with Gasteiger partial charge in [-0.05, 0) is 138 Å². The number of carbonyl (C=O) groups excluding carboxylic acids is 2. The van der Waals surface area contributed by atoms with Crippen molar-refractivity contribution in [2.45, 2.75) is 224 Å². The van der Waals surface area contributed by atoms with Gasteiger partial charge in [0, 0.05) is 32.6 Å². The van der Waals surface area contributed by atoms with Crippen LogP contribution in [0.3, 0.4) is 0 Å². The minimum absolute atomic E-state index is 0.222. The fraction of sp³-hybridized carbons (Fsp3) is 0.962. The Morgan fingerprint density at radius 3 is 1.23 bits per heavy atom. The molecule has 0 aromatic heterocycles. The number of aliphatic hydroxyl groups excluding tert-OH is 5. The molecule has 0 heterocycles. The molecule has 66 heavy (non-hydrogen) atoms. The van der Waals surface area contributed by atoms with Crippen LogP contribution in [0.1, 0.15) is 200 Å². The van der Waals surface area contributed by atoms with E-state index >= 15 is 0 Å².